The summed E-state index contributed by atoms with van der Waals surface area (Å²) in [6.45, 7) is 9.66. The number of hydrogen-bond acceptors (Lipinski definition) is 4. The van der Waals surface area contributed by atoms with Crippen LogP contribution in [0.1, 0.15) is 36.5 Å². The number of rotatable bonds is 6. The van der Waals surface area contributed by atoms with Gasteiger partial charge in [-0.25, -0.2) is 4.98 Å². The standard InChI is InChI=1S/C17H23N5OS/c1-11(2)9-22-13(4)15(12(3)20-22)7-16(23)18-8-14-10-21-5-6-24-17(21)19-14/h5-6,10-11H,7-9H2,1-4H3,(H,18,23). The summed E-state index contributed by atoms with van der Waals surface area (Å²) < 4.78 is 3.97. The van der Waals surface area contributed by atoms with Crippen LogP contribution in [0.4, 0.5) is 0 Å². The smallest absolute Gasteiger partial charge is 0.224 e. The molecule has 1 amide bonds. The summed E-state index contributed by atoms with van der Waals surface area (Å²) in [6, 6.07) is 0. The lowest BCUT2D eigenvalue weighted by Gasteiger charge is -2.08. The van der Waals surface area contributed by atoms with Gasteiger partial charge in [-0.05, 0) is 19.8 Å². The summed E-state index contributed by atoms with van der Waals surface area (Å²) in [5, 5.41) is 9.51. The quantitative estimate of drug-likeness (QED) is 0.747. The highest BCUT2D eigenvalue weighted by Crippen LogP contribution is 2.16. The highest BCUT2D eigenvalue weighted by molar-refractivity contribution is 7.15. The van der Waals surface area contributed by atoms with Gasteiger partial charge in [0, 0.05) is 35.6 Å². The minimum Gasteiger partial charge on any atom is -0.350 e. The molecule has 3 heterocycles. The zero-order chi connectivity index (χ0) is 17.3. The maximum Gasteiger partial charge on any atom is 0.224 e. The SMILES string of the molecule is Cc1nn(CC(C)C)c(C)c1CC(=O)NCc1cn2ccsc2n1. The van der Waals surface area contributed by atoms with Crippen molar-refractivity contribution in [3.05, 3.63) is 40.4 Å². The topological polar surface area (TPSA) is 64.2 Å². The Morgan fingerprint density at radius 2 is 2.17 bits per heavy atom. The molecule has 0 spiro atoms. The van der Waals surface area contributed by atoms with Crippen molar-refractivity contribution in [1.29, 1.82) is 0 Å². The Bertz CT molecular complexity index is 829. The molecule has 0 aliphatic rings. The lowest BCUT2D eigenvalue weighted by molar-refractivity contribution is -0.120. The zero-order valence-electron chi connectivity index (χ0n) is 14.5. The van der Waals surface area contributed by atoms with Crippen LogP contribution in [-0.4, -0.2) is 25.1 Å². The molecule has 128 valence electrons. The second-order valence-electron chi connectivity index (χ2n) is 6.50. The van der Waals surface area contributed by atoms with Crippen LogP contribution in [0.15, 0.2) is 17.8 Å². The van der Waals surface area contributed by atoms with Gasteiger partial charge in [0.1, 0.15) is 0 Å². The van der Waals surface area contributed by atoms with Gasteiger partial charge in [0.15, 0.2) is 4.96 Å². The highest BCUT2D eigenvalue weighted by atomic mass is 32.1. The second-order valence-corrected chi connectivity index (χ2v) is 7.38. The van der Waals surface area contributed by atoms with Crippen molar-refractivity contribution in [2.75, 3.05) is 0 Å². The lowest BCUT2D eigenvalue weighted by atomic mass is 10.1. The third-order valence-corrected chi connectivity index (χ3v) is 4.79. The Morgan fingerprint density at radius 1 is 1.38 bits per heavy atom. The number of carbonyl (C=O) groups is 1. The lowest BCUT2D eigenvalue weighted by Crippen LogP contribution is -2.25. The van der Waals surface area contributed by atoms with E-state index in [0.717, 1.165) is 34.2 Å². The first kappa shape index (κ1) is 16.7. The van der Waals surface area contributed by atoms with Gasteiger partial charge in [0.25, 0.3) is 0 Å². The number of nitrogens with one attached hydrogen (secondary N) is 1. The summed E-state index contributed by atoms with van der Waals surface area (Å²) in [7, 11) is 0. The van der Waals surface area contributed by atoms with Crippen molar-refractivity contribution >= 4 is 22.2 Å². The van der Waals surface area contributed by atoms with Crippen molar-refractivity contribution < 1.29 is 4.79 Å². The molecular weight excluding hydrogens is 322 g/mol. The van der Waals surface area contributed by atoms with Crippen molar-refractivity contribution in [2.45, 2.75) is 47.2 Å². The molecule has 0 radical (unpaired) electrons. The monoisotopic (exact) mass is 345 g/mol. The van der Waals surface area contributed by atoms with E-state index in [-0.39, 0.29) is 5.91 Å². The molecule has 0 aromatic carbocycles. The first-order valence-electron chi connectivity index (χ1n) is 8.14. The third kappa shape index (κ3) is 3.51. The molecule has 0 atom stereocenters. The molecule has 0 aliphatic heterocycles. The van der Waals surface area contributed by atoms with E-state index >= 15 is 0 Å². The van der Waals surface area contributed by atoms with E-state index in [9.17, 15) is 4.79 Å². The van der Waals surface area contributed by atoms with E-state index in [1.165, 1.54) is 0 Å². The molecular formula is C17H23N5OS. The van der Waals surface area contributed by atoms with Gasteiger partial charge in [-0.3, -0.25) is 13.9 Å². The van der Waals surface area contributed by atoms with Crippen LogP contribution in [0.25, 0.3) is 4.96 Å². The minimum absolute atomic E-state index is 0.00153. The predicted molar refractivity (Wildman–Crippen MR) is 95.2 cm³/mol. The van der Waals surface area contributed by atoms with Crippen molar-refractivity contribution in [3.63, 3.8) is 0 Å². The molecule has 0 bridgehead atoms. The fraction of sp³-hybridized carbons (Fsp3) is 0.471. The molecule has 3 aromatic rings. The van der Waals surface area contributed by atoms with E-state index in [1.807, 2.05) is 40.7 Å². The van der Waals surface area contributed by atoms with Gasteiger partial charge in [0.2, 0.25) is 5.91 Å². The van der Waals surface area contributed by atoms with Crippen LogP contribution >= 0.6 is 11.3 Å². The zero-order valence-corrected chi connectivity index (χ0v) is 15.4. The second kappa shape index (κ2) is 6.76. The van der Waals surface area contributed by atoms with Crippen LogP contribution in [0.3, 0.4) is 0 Å². The van der Waals surface area contributed by atoms with Crippen LogP contribution in [0.5, 0.6) is 0 Å². The maximum absolute atomic E-state index is 12.3. The minimum atomic E-state index is 0.00153. The van der Waals surface area contributed by atoms with Gasteiger partial charge in [-0.2, -0.15) is 5.10 Å². The molecule has 7 heteroatoms. The average molecular weight is 345 g/mol. The van der Waals surface area contributed by atoms with Crippen molar-refractivity contribution in [3.8, 4) is 0 Å². The summed E-state index contributed by atoms with van der Waals surface area (Å²) in [5.41, 5.74) is 3.92. The van der Waals surface area contributed by atoms with Crippen molar-refractivity contribution in [1.82, 2.24) is 24.5 Å². The van der Waals surface area contributed by atoms with Crippen LogP contribution in [-0.2, 0) is 24.3 Å². The number of thiazole rings is 1. The third-order valence-electron chi connectivity index (χ3n) is 4.02. The van der Waals surface area contributed by atoms with Crippen LogP contribution < -0.4 is 5.32 Å². The molecule has 1 N–H and O–H groups in total. The molecule has 0 saturated heterocycles. The highest BCUT2D eigenvalue weighted by Gasteiger charge is 2.15. The molecule has 3 rings (SSSR count). The summed E-state index contributed by atoms with van der Waals surface area (Å²) >= 11 is 1.58. The molecule has 3 aromatic heterocycles. The number of amides is 1. The Morgan fingerprint density at radius 3 is 2.88 bits per heavy atom. The number of imidazole rings is 1. The molecule has 0 unspecified atom stereocenters. The molecule has 0 aliphatic carbocycles. The molecule has 24 heavy (non-hydrogen) atoms. The first-order valence-corrected chi connectivity index (χ1v) is 9.02. The van der Waals surface area contributed by atoms with E-state index < -0.39 is 0 Å². The molecule has 0 saturated carbocycles. The summed E-state index contributed by atoms with van der Waals surface area (Å²) in [6.07, 6.45) is 4.27. The van der Waals surface area contributed by atoms with Gasteiger partial charge in [-0.1, -0.05) is 13.8 Å². The molecule has 6 nitrogen and oxygen atoms in total. The number of aromatic nitrogens is 4. The van der Waals surface area contributed by atoms with Gasteiger partial charge in [-0.15, -0.1) is 11.3 Å². The van der Waals surface area contributed by atoms with Gasteiger partial charge >= 0.3 is 0 Å². The fourth-order valence-electron chi connectivity index (χ4n) is 2.79. The van der Waals surface area contributed by atoms with Crippen LogP contribution in [0.2, 0.25) is 0 Å². The van der Waals surface area contributed by atoms with E-state index in [2.05, 4.69) is 29.2 Å². The largest absolute Gasteiger partial charge is 0.350 e. The predicted octanol–water partition coefficient (Wildman–Crippen LogP) is 2.72. The van der Waals surface area contributed by atoms with E-state index in [0.29, 0.717) is 18.9 Å². The fourth-order valence-corrected chi connectivity index (χ4v) is 3.51. The number of carbonyl (C=O) groups excluding carboxylic acids is 1. The summed E-state index contributed by atoms with van der Waals surface area (Å²) in [4.78, 5) is 17.7. The number of aryl methyl sites for hydroxylation is 1. The Balaban J connectivity index is 1.62. The van der Waals surface area contributed by atoms with Crippen LogP contribution in [0, 0.1) is 19.8 Å². The number of fused-ring (bicyclic) bond motifs is 1. The van der Waals surface area contributed by atoms with E-state index in [4.69, 9.17) is 0 Å². The van der Waals surface area contributed by atoms with Gasteiger partial charge < -0.3 is 5.32 Å². The number of hydrogen-bond donors (Lipinski definition) is 1. The average Bonchev–Trinajstić information content (AvgIpc) is 3.15. The number of nitrogens with zero attached hydrogens (tertiary/aromatic N) is 4. The maximum atomic E-state index is 12.3. The normalized spacial score (nSPS) is 11.5. The Hall–Kier alpha value is -2.15. The summed E-state index contributed by atoms with van der Waals surface area (Å²) in [5.74, 6) is 0.529. The Kier molecular flexibility index (Phi) is 4.71. The van der Waals surface area contributed by atoms with Gasteiger partial charge in [0.05, 0.1) is 24.4 Å². The molecule has 0 fully saturated rings. The van der Waals surface area contributed by atoms with E-state index in [1.54, 1.807) is 11.3 Å². The van der Waals surface area contributed by atoms with Crippen molar-refractivity contribution in [2.24, 2.45) is 5.92 Å². The Labute approximate surface area is 145 Å². The first-order chi connectivity index (χ1) is 11.4.